The van der Waals surface area contributed by atoms with Crippen LogP contribution in [0.3, 0.4) is 0 Å². The molecule has 0 atom stereocenters. The fraction of sp³-hybridized carbons (Fsp3) is 0.231. The lowest BCUT2D eigenvalue weighted by Gasteiger charge is -2.08. The summed E-state index contributed by atoms with van der Waals surface area (Å²) >= 11 is 0. The Bertz CT molecular complexity index is 580. The first-order valence-corrected chi connectivity index (χ1v) is 5.97. The molecule has 0 saturated carbocycles. The third kappa shape index (κ3) is 3.86. The zero-order valence-corrected chi connectivity index (χ0v) is 10.9. The van der Waals surface area contributed by atoms with Crippen molar-refractivity contribution in [3.8, 4) is 0 Å². The number of nitrogens with zero attached hydrogens (tertiary/aromatic N) is 2. The molecular weight excluding hydrogens is 266 g/mol. The van der Waals surface area contributed by atoms with E-state index in [4.69, 9.17) is 4.74 Å². The number of nitrogens with one attached hydrogen (secondary N) is 2. The quantitative estimate of drug-likeness (QED) is 0.796. The summed E-state index contributed by atoms with van der Waals surface area (Å²) in [4.78, 5) is 8.13. The summed E-state index contributed by atoms with van der Waals surface area (Å²) in [5.41, 5.74) is 0.112. The summed E-state index contributed by atoms with van der Waals surface area (Å²) in [5, 5.41) is 5.72. The van der Waals surface area contributed by atoms with E-state index in [-0.39, 0.29) is 11.6 Å². The number of rotatable bonds is 6. The maximum absolute atomic E-state index is 13.5. The van der Waals surface area contributed by atoms with Crippen LogP contribution in [0.1, 0.15) is 0 Å². The highest BCUT2D eigenvalue weighted by molar-refractivity contribution is 5.55. The molecule has 7 heteroatoms. The van der Waals surface area contributed by atoms with Crippen molar-refractivity contribution in [2.45, 2.75) is 0 Å². The molecule has 0 fully saturated rings. The zero-order chi connectivity index (χ0) is 14.4. The second kappa shape index (κ2) is 6.76. The standard InChI is InChI=1S/C13H14F2N4O/c1-20-7-6-16-12-4-5-17-13(19-12)18-11-3-2-9(14)8-10(11)15/h2-5,8H,6-7H2,1H3,(H2,16,17,18,19). The molecule has 0 radical (unpaired) electrons. The molecule has 2 aromatic rings. The lowest BCUT2D eigenvalue weighted by Crippen LogP contribution is -2.10. The largest absolute Gasteiger partial charge is 0.383 e. The normalized spacial score (nSPS) is 10.3. The molecule has 0 bridgehead atoms. The van der Waals surface area contributed by atoms with Crippen molar-refractivity contribution in [2.75, 3.05) is 30.9 Å². The molecular formula is C13H14F2N4O. The Balaban J connectivity index is 2.07. The topological polar surface area (TPSA) is 59.1 Å². The number of ether oxygens (including phenoxy) is 1. The molecule has 0 aliphatic heterocycles. The third-order valence-corrected chi connectivity index (χ3v) is 2.45. The van der Waals surface area contributed by atoms with Crippen molar-refractivity contribution in [1.29, 1.82) is 0 Å². The maximum atomic E-state index is 13.5. The van der Waals surface area contributed by atoms with Crippen molar-refractivity contribution in [3.05, 3.63) is 42.1 Å². The first kappa shape index (κ1) is 14.1. The van der Waals surface area contributed by atoms with Crippen LogP contribution in [0.5, 0.6) is 0 Å². The molecule has 0 saturated heterocycles. The minimum atomic E-state index is -0.702. The molecule has 1 heterocycles. The predicted molar refractivity (Wildman–Crippen MR) is 72.0 cm³/mol. The molecule has 106 valence electrons. The van der Waals surface area contributed by atoms with Crippen LogP contribution in [0.15, 0.2) is 30.5 Å². The van der Waals surface area contributed by atoms with Crippen LogP contribution < -0.4 is 10.6 Å². The van der Waals surface area contributed by atoms with Crippen molar-refractivity contribution < 1.29 is 13.5 Å². The van der Waals surface area contributed by atoms with Crippen LogP contribution in [0.25, 0.3) is 0 Å². The summed E-state index contributed by atoms with van der Waals surface area (Å²) in [6, 6.07) is 4.93. The molecule has 2 rings (SSSR count). The Morgan fingerprint density at radius 3 is 2.85 bits per heavy atom. The van der Waals surface area contributed by atoms with E-state index in [1.165, 1.54) is 12.3 Å². The molecule has 0 aliphatic carbocycles. The van der Waals surface area contributed by atoms with Gasteiger partial charge in [-0.1, -0.05) is 0 Å². The van der Waals surface area contributed by atoms with Crippen molar-refractivity contribution in [2.24, 2.45) is 0 Å². The van der Waals surface area contributed by atoms with E-state index in [1.807, 2.05) is 0 Å². The summed E-state index contributed by atoms with van der Waals surface area (Å²) in [5.74, 6) is -0.532. The summed E-state index contributed by atoms with van der Waals surface area (Å²) < 4.78 is 31.2. The van der Waals surface area contributed by atoms with Crippen molar-refractivity contribution in [3.63, 3.8) is 0 Å². The first-order valence-electron chi connectivity index (χ1n) is 5.97. The number of hydrogen-bond donors (Lipinski definition) is 2. The van der Waals surface area contributed by atoms with Crippen LogP contribution in [0.4, 0.5) is 26.2 Å². The molecule has 0 aliphatic rings. The molecule has 0 amide bonds. The van der Waals surface area contributed by atoms with Gasteiger partial charge in [0.1, 0.15) is 17.5 Å². The molecule has 0 unspecified atom stereocenters. The molecule has 0 spiro atoms. The lowest BCUT2D eigenvalue weighted by molar-refractivity contribution is 0.210. The second-order valence-corrected chi connectivity index (χ2v) is 3.93. The van der Waals surface area contributed by atoms with E-state index >= 15 is 0 Å². The summed E-state index contributed by atoms with van der Waals surface area (Å²) in [7, 11) is 1.60. The smallest absolute Gasteiger partial charge is 0.229 e. The van der Waals surface area contributed by atoms with Gasteiger partial charge in [-0.15, -0.1) is 0 Å². The SMILES string of the molecule is COCCNc1ccnc(Nc2ccc(F)cc2F)n1. The van der Waals surface area contributed by atoms with Crippen molar-refractivity contribution >= 4 is 17.5 Å². The van der Waals surface area contributed by atoms with E-state index in [2.05, 4.69) is 20.6 Å². The average molecular weight is 280 g/mol. The average Bonchev–Trinajstić information content (AvgIpc) is 2.43. The Hall–Kier alpha value is -2.28. The Kier molecular flexibility index (Phi) is 4.78. The Morgan fingerprint density at radius 2 is 2.10 bits per heavy atom. The van der Waals surface area contributed by atoms with E-state index in [0.717, 1.165) is 12.1 Å². The highest BCUT2D eigenvalue weighted by Gasteiger charge is 2.06. The summed E-state index contributed by atoms with van der Waals surface area (Å²) in [6.45, 7) is 1.14. The van der Waals surface area contributed by atoms with E-state index in [0.29, 0.717) is 19.0 Å². The minimum absolute atomic E-state index is 0.112. The number of methoxy groups -OCH3 is 1. The van der Waals surface area contributed by atoms with Gasteiger partial charge < -0.3 is 15.4 Å². The molecule has 5 nitrogen and oxygen atoms in total. The fourth-order valence-electron chi connectivity index (χ4n) is 1.51. The van der Waals surface area contributed by atoms with Gasteiger partial charge in [0.2, 0.25) is 5.95 Å². The Morgan fingerprint density at radius 1 is 1.25 bits per heavy atom. The number of aromatic nitrogens is 2. The van der Waals surface area contributed by atoms with Gasteiger partial charge in [-0.25, -0.2) is 13.8 Å². The third-order valence-electron chi connectivity index (χ3n) is 2.45. The minimum Gasteiger partial charge on any atom is -0.383 e. The maximum Gasteiger partial charge on any atom is 0.229 e. The fourth-order valence-corrected chi connectivity index (χ4v) is 1.51. The van der Waals surface area contributed by atoms with Gasteiger partial charge in [-0.05, 0) is 18.2 Å². The number of hydrogen-bond acceptors (Lipinski definition) is 5. The lowest BCUT2D eigenvalue weighted by atomic mass is 10.3. The van der Waals surface area contributed by atoms with Crippen LogP contribution >= 0.6 is 0 Å². The zero-order valence-electron chi connectivity index (χ0n) is 10.9. The number of anilines is 3. The monoisotopic (exact) mass is 280 g/mol. The predicted octanol–water partition coefficient (Wildman–Crippen LogP) is 2.56. The Labute approximate surface area is 115 Å². The van der Waals surface area contributed by atoms with Gasteiger partial charge in [0.25, 0.3) is 0 Å². The number of benzene rings is 1. The van der Waals surface area contributed by atoms with Gasteiger partial charge in [-0.2, -0.15) is 4.98 Å². The van der Waals surface area contributed by atoms with Gasteiger partial charge >= 0.3 is 0 Å². The van der Waals surface area contributed by atoms with Gasteiger partial charge in [0.15, 0.2) is 0 Å². The van der Waals surface area contributed by atoms with Crippen molar-refractivity contribution in [1.82, 2.24) is 9.97 Å². The first-order chi connectivity index (χ1) is 9.69. The van der Waals surface area contributed by atoms with Crippen LogP contribution in [-0.2, 0) is 4.74 Å². The van der Waals surface area contributed by atoms with Crippen LogP contribution in [0.2, 0.25) is 0 Å². The van der Waals surface area contributed by atoms with Crippen LogP contribution in [0, 0.1) is 11.6 Å². The molecule has 2 N–H and O–H groups in total. The second-order valence-electron chi connectivity index (χ2n) is 3.93. The summed E-state index contributed by atoms with van der Waals surface area (Å²) in [6.07, 6.45) is 1.53. The van der Waals surface area contributed by atoms with E-state index in [1.54, 1.807) is 13.2 Å². The van der Waals surface area contributed by atoms with Crippen LogP contribution in [-0.4, -0.2) is 30.2 Å². The van der Waals surface area contributed by atoms with Gasteiger partial charge in [0, 0.05) is 25.9 Å². The highest BCUT2D eigenvalue weighted by atomic mass is 19.1. The molecule has 1 aromatic heterocycles. The number of halogens is 2. The van der Waals surface area contributed by atoms with Gasteiger partial charge in [0.05, 0.1) is 12.3 Å². The van der Waals surface area contributed by atoms with Gasteiger partial charge in [-0.3, -0.25) is 0 Å². The molecule has 20 heavy (non-hydrogen) atoms. The molecule has 1 aromatic carbocycles. The van der Waals surface area contributed by atoms with E-state index in [9.17, 15) is 8.78 Å². The highest BCUT2D eigenvalue weighted by Crippen LogP contribution is 2.18. The van der Waals surface area contributed by atoms with E-state index < -0.39 is 11.6 Å².